The van der Waals surface area contributed by atoms with Gasteiger partial charge in [-0.25, -0.2) is 4.39 Å². The van der Waals surface area contributed by atoms with Crippen LogP contribution in [-0.4, -0.2) is 5.78 Å². The molecule has 0 spiro atoms. The Morgan fingerprint density at radius 2 is 2.07 bits per heavy atom. The highest BCUT2D eigenvalue weighted by Gasteiger charge is 2.12. The number of benzene rings is 1. The molecule has 1 aromatic carbocycles. The maximum Gasteiger partial charge on any atom is 0.163 e. The number of fused-ring (bicyclic) bond motifs is 1. The molecule has 2 aromatic rings. The van der Waals surface area contributed by atoms with Crippen molar-refractivity contribution in [1.82, 2.24) is 0 Å². The predicted octanol–water partition coefficient (Wildman–Crippen LogP) is 3.08. The van der Waals surface area contributed by atoms with E-state index >= 15 is 0 Å². The van der Waals surface area contributed by atoms with Gasteiger partial charge in [-0.15, -0.1) is 0 Å². The van der Waals surface area contributed by atoms with Crippen molar-refractivity contribution in [2.45, 2.75) is 13.8 Å². The number of carbonyl (C=O) groups excluding carboxylic acids is 1. The first-order valence-corrected chi connectivity index (χ1v) is 4.28. The number of aryl methyl sites for hydroxylation is 1. The SMILES string of the molecule is CC(=O)c1cc(F)cc2cc(C)oc12. The van der Waals surface area contributed by atoms with Crippen molar-refractivity contribution in [3.05, 3.63) is 35.3 Å². The van der Waals surface area contributed by atoms with Gasteiger partial charge in [0.15, 0.2) is 5.78 Å². The summed E-state index contributed by atoms with van der Waals surface area (Å²) in [5, 5.41) is 0.632. The quantitative estimate of drug-likeness (QED) is 0.650. The normalized spacial score (nSPS) is 10.8. The number of furan rings is 1. The highest BCUT2D eigenvalue weighted by Crippen LogP contribution is 2.24. The fourth-order valence-electron chi connectivity index (χ4n) is 1.51. The number of rotatable bonds is 1. The summed E-state index contributed by atoms with van der Waals surface area (Å²) in [7, 11) is 0. The minimum Gasteiger partial charge on any atom is -0.461 e. The van der Waals surface area contributed by atoms with Crippen LogP contribution in [0.2, 0.25) is 0 Å². The zero-order chi connectivity index (χ0) is 10.3. The molecular formula is C11H9FO2. The van der Waals surface area contributed by atoms with E-state index in [2.05, 4.69) is 0 Å². The Balaban J connectivity index is 2.85. The van der Waals surface area contributed by atoms with E-state index in [0.717, 1.165) is 0 Å². The third-order valence-corrected chi connectivity index (χ3v) is 2.08. The van der Waals surface area contributed by atoms with Crippen molar-refractivity contribution < 1.29 is 13.6 Å². The molecule has 1 aromatic heterocycles. The van der Waals surface area contributed by atoms with Crippen LogP contribution >= 0.6 is 0 Å². The molecule has 72 valence electrons. The third kappa shape index (κ3) is 1.31. The van der Waals surface area contributed by atoms with Gasteiger partial charge in [-0.2, -0.15) is 0 Å². The topological polar surface area (TPSA) is 30.2 Å². The average molecular weight is 192 g/mol. The van der Waals surface area contributed by atoms with Crippen LogP contribution in [0.25, 0.3) is 11.0 Å². The second-order valence-corrected chi connectivity index (χ2v) is 3.28. The lowest BCUT2D eigenvalue weighted by atomic mass is 10.1. The Morgan fingerprint density at radius 3 is 2.71 bits per heavy atom. The van der Waals surface area contributed by atoms with Gasteiger partial charge in [0.25, 0.3) is 0 Å². The van der Waals surface area contributed by atoms with E-state index in [0.29, 0.717) is 22.3 Å². The average Bonchev–Trinajstić information content (AvgIpc) is 2.42. The lowest BCUT2D eigenvalue weighted by molar-refractivity contribution is 0.101. The maximum absolute atomic E-state index is 13.1. The van der Waals surface area contributed by atoms with E-state index in [-0.39, 0.29) is 5.78 Å². The van der Waals surface area contributed by atoms with E-state index in [1.165, 1.54) is 19.1 Å². The molecule has 0 N–H and O–H groups in total. The number of halogens is 1. The highest BCUT2D eigenvalue weighted by atomic mass is 19.1. The lowest BCUT2D eigenvalue weighted by Gasteiger charge is -1.97. The first-order valence-electron chi connectivity index (χ1n) is 4.28. The zero-order valence-electron chi connectivity index (χ0n) is 7.93. The van der Waals surface area contributed by atoms with Gasteiger partial charge in [-0.3, -0.25) is 4.79 Å². The van der Waals surface area contributed by atoms with Crippen LogP contribution in [0.5, 0.6) is 0 Å². The fourth-order valence-corrected chi connectivity index (χ4v) is 1.51. The molecule has 0 fully saturated rings. The van der Waals surface area contributed by atoms with Gasteiger partial charge in [0, 0.05) is 5.39 Å². The zero-order valence-corrected chi connectivity index (χ0v) is 7.93. The summed E-state index contributed by atoms with van der Waals surface area (Å²) in [6, 6.07) is 4.27. The van der Waals surface area contributed by atoms with Crippen LogP contribution in [0, 0.1) is 12.7 Å². The summed E-state index contributed by atoms with van der Waals surface area (Å²) in [4.78, 5) is 11.2. The summed E-state index contributed by atoms with van der Waals surface area (Å²) in [5.74, 6) is 0.0699. The summed E-state index contributed by atoms with van der Waals surface area (Å²) in [6.45, 7) is 3.16. The van der Waals surface area contributed by atoms with E-state index in [1.54, 1.807) is 13.0 Å². The van der Waals surface area contributed by atoms with Crippen molar-refractivity contribution in [3.8, 4) is 0 Å². The molecule has 0 radical (unpaired) electrons. The number of hydrogen-bond donors (Lipinski definition) is 0. The highest BCUT2D eigenvalue weighted by molar-refractivity contribution is 6.04. The summed E-state index contributed by atoms with van der Waals surface area (Å²) in [5.41, 5.74) is 0.768. The van der Waals surface area contributed by atoms with Crippen LogP contribution in [-0.2, 0) is 0 Å². The van der Waals surface area contributed by atoms with Crippen LogP contribution in [0.3, 0.4) is 0 Å². The Morgan fingerprint density at radius 1 is 1.36 bits per heavy atom. The van der Waals surface area contributed by atoms with Gasteiger partial charge >= 0.3 is 0 Å². The molecule has 14 heavy (non-hydrogen) atoms. The van der Waals surface area contributed by atoms with E-state index in [1.807, 2.05) is 0 Å². The Hall–Kier alpha value is -1.64. The Kier molecular flexibility index (Phi) is 1.88. The lowest BCUT2D eigenvalue weighted by Crippen LogP contribution is -1.93. The number of carbonyl (C=O) groups is 1. The molecule has 0 unspecified atom stereocenters. The second-order valence-electron chi connectivity index (χ2n) is 3.28. The molecule has 0 saturated heterocycles. The summed E-state index contributed by atoms with van der Waals surface area (Å²) in [6.07, 6.45) is 0. The molecule has 1 heterocycles. The van der Waals surface area contributed by atoms with Crippen molar-refractivity contribution in [1.29, 1.82) is 0 Å². The second kappa shape index (κ2) is 2.94. The molecule has 0 aliphatic carbocycles. The van der Waals surface area contributed by atoms with Gasteiger partial charge in [-0.05, 0) is 32.0 Å². The van der Waals surface area contributed by atoms with E-state index < -0.39 is 5.82 Å². The van der Waals surface area contributed by atoms with E-state index in [4.69, 9.17) is 4.42 Å². The van der Waals surface area contributed by atoms with Crippen LogP contribution < -0.4 is 0 Å². The minimum absolute atomic E-state index is 0.191. The van der Waals surface area contributed by atoms with Crippen molar-refractivity contribution in [2.24, 2.45) is 0 Å². The van der Waals surface area contributed by atoms with Gasteiger partial charge in [0.1, 0.15) is 17.2 Å². The molecular weight excluding hydrogens is 183 g/mol. The van der Waals surface area contributed by atoms with Gasteiger partial charge in [-0.1, -0.05) is 0 Å². The van der Waals surface area contributed by atoms with Gasteiger partial charge in [0.2, 0.25) is 0 Å². The molecule has 2 rings (SSSR count). The number of Topliss-reactive ketones (excluding diaryl/α,β-unsaturated/α-hetero) is 1. The van der Waals surface area contributed by atoms with E-state index in [9.17, 15) is 9.18 Å². The molecule has 0 atom stereocenters. The molecule has 0 saturated carbocycles. The van der Waals surface area contributed by atoms with Gasteiger partial charge in [0.05, 0.1) is 5.56 Å². The predicted molar refractivity (Wildman–Crippen MR) is 50.9 cm³/mol. The number of hydrogen-bond acceptors (Lipinski definition) is 2. The van der Waals surface area contributed by atoms with Crippen LogP contribution in [0.4, 0.5) is 4.39 Å². The monoisotopic (exact) mass is 192 g/mol. The number of ketones is 1. The Bertz CT molecular complexity index is 511. The standard InChI is InChI=1S/C11H9FO2/c1-6-3-8-4-9(12)5-10(7(2)13)11(8)14-6/h3-5H,1-2H3. The van der Waals surface area contributed by atoms with Crippen molar-refractivity contribution in [2.75, 3.05) is 0 Å². The molecule has 0 aliphatic heterocycles. The first-order chi connectivity index (χ1) is 6.58. The molecule has 0 bridgehead atoms. The largest absolute Gasteiger partial charge is 0.461 e. The molecule has 0 amide bonds. The summed E-state index contributed by atoms with van der Waals surface area (Å²) < 4.78 is 18.4. The first kappa shape index (κ1) is 8.94. The third-order valence-electron chi connectivity index (χ3n) is 2.08. The Labute approximate surface area is 80.3 Å². The van der Waals surface area contributed by atoms with Gasteiger partial charge < -0.3 is 4.42 Å². The van der Waals surface area contributed by atoms with Crippen LogP contribution in [0.1, 0.15) is 23.0 Å². The van der Waals surface area contributed by atoms with Crippen molar-refractivity contribution in [3.63, 3.8) is 0 Å². The summed E-state index contributed by atoms with van der Waals surface area (Å²) >= 11 is 0. The maximum atomic E-state index is 13.1. The minimum atomic E-state index is -0.413. The fraction of sp³-hybridized carbons (Fsp3) is 0.182. The molecule has 3 heteroatoms. The smallest absolute Gasteiger partial charge is 0.163 e. The molecule has 2 nitrogen and oxygen atoms in total. The van der Waals surface area contributed by atoms with Crippen molar-refractivity contribution >= 4 is 16.8 Å². The van der Waals surface area contributed by atoms with Crippen LogP contribution in [0.15, 0.2) is 22.6 Å². The molecule has 0 aliphatic rings.